The van der Waals surface area contributed by atoms with Gasteiger partial charge in [0.2, 0.25) is 5.91 Å². The Kier molecular flexibility index (Phi) is 3.50. The molecule has 0 radical (unpaired) electrons. The zero-order chi connectivity index (χ0) is 13.2. The molecule has 1 unspecified atom stereocenters. The van der Waals surface area contributed by atoms with Crippen molar-refractivity contribution in [1.29, 1.82) is 0 Å². The Labute approximate surface area is 112 Å². The maximum Gasteiger partial charge on any atom is 0.244 e. The van der Waals surface area contributed by atoms with Crippen molar-refractivity contribution < 1.29 is 4.79 Å². The van der Waals surface area contributed by atoms with E-state index in [0.29, 0.717) is 6.04 Å². The summed E-state index contributed by atoms with van der Waals surface area (Å²) in [6.45, 7) is 3.64. The van der Waals surface area contributed by atoms with Crippen LogP contribution in [0.15, 0.2) is 6.20 Å². The van der Waals surface area contributed by atoms with Crippen LogP contribution in [0, 0.1) is 5.92 Å². The van der Waals surface area contributed by atoms with Gasteiger partial charge in [-0.3, -0.25) is 4.79 Å². The minimum Gasteiger partial charge on any atom is -0.352 e. The fourth-order valence-electron chi connectivity index (χ4n) is 1.98. The van der Waals surface area contributed by atoms with Crippen molar-refractivity contribution in [2.24, 2.45) is 5.92 Å². The van der Waals surface area contributed by atoms with E-state index in [0.717, 1.165) is 37.5 Å². The summed E-state index contributed by atoms with van der Waals surface area (Å²) in [4.78, 5) is 11.9. The zero-order valence-electron chi connectivity index (χ0n) is 11.3. The molecule has 1 heterocycles. The first-order chi connectivity index (χ1) is 9.22. The van der Waals surface area contributed by atoms with Gasteiger partial charge in [-0.05, 0) is 45.1 Å². The van der Waals surface area contributed by atoms with Gasteiger partial charge < -0.3 is 10.6 Å². The molecular weight excluding hydrogens is 242 g/mol. The molecule has 2 saturated carbocycles. The Morgan fingerprint density at radius 2 is 2.26 bits per heavy atom. The van der Waals surface area contributed by atoms with Crippen LogP contribution in [0.5, 0.6) is 0 Å². The third kappa shape index (κ3) is 3.53. The van der Waals surface area contributed by atoms with E-state index in [2.05, 4.69) is 20.9 Å². The summed E-state index contributed by atoms with van der Waals surface area (Å²) >= 11 is 0. The van der Waals surface area contributed by atoms with Crippen molar-refractivity contribution in [2.75, 3.05) is 6.54 Å². The van der Waals surface area contributed by atoms with Gasteiger partial charge in [-0.2, -0.15) is 0 Å². The van der Waals surface area contributed by atoms with Gasteiger partial charge >= 0.3 is 0 Å². The first kappa shape index (κ1) is 12.6. The van der Waals surface area contributed by atoms with E-state index >= 15 is 0 Å². The fourth-order valence-corrected chi connectivity index (χ4v) is 1.98. The number of hydrogen-bond donors (Lipinski definition) is 2. The molecule has 6 nitrogen and oxygen atoms in total. The van der Waals surface area contributed by atoms with E-state index < -0.39 is 0 Å². The van der Waals surface area contributed by atoms with Crippen molar-refractivity contribution in [3.63, 3.8) is 0 Å². The lowest BCUT2D eigenvalue weighted by molar-refractivity contribution is -0.124. The zero-order valence-corrected chi connectivity index (χ0v) is 11.3. The highest BCUT2D eigenvalue weighted by Gasteiger charge is 2.26. The Hall–Kier alpha value is -1.43. The number of nitrogens with zero attached hydrogens (tertiary/aromatic N) is 3. The molecule has 1 amide bonds. The topological polar surface area (TPSA) is 71.8 Å². The van der Waals surface area contributed by atoms with Gasteiger partial charge in [-0.15, -0.1) is 5.10 Å². The molecule has 0 spiro atoms. The molecule has 0 aromatic carbocycles. The van der Waals surface area contributed by atoms with Gasteiger partial charge in [-0.25, -0.2) is 4.68 Å². The molecule has 2 fully saturated rings. The summed E-state index contributed by atoms with van der Waals surface area (Å²) < 4.78 is 1.64. The van der Waals surface area contributed by atoms with Gasteiger partial charge in [0.05, 0.1) is 11.9 Å². The molecular formula is C13H21N5O. The average molecular weight is 263 g/mol. The number of hydrogen-bond acceptors (Lipinski definition) is 4. The second-order valence-corrected chi connectivity index (χ2v) is 5.72. The van der Waals surface area contributed by atoms with Crippen LogP contribution < -0.4 is 10.6 Å². The van der Waals surface area contributed by atoms with Crippen LogP contribution in [-0.2, 0) is 11.3 Å². The minimum atomic E-state index is -0.287. The van der Waals surface area contributed by atoms with E-state index in [-0.39, 0.29) is 11.9 Å². The maximum atomic E-state index is 11.9. The number of rotatable bonds is 7. The van der Waals surface area contributed by atoms with Crippen LogP contribution in [0.4, 0.5) is 0 Å². The highest BCUT2D eigenvalue weighted by Crippen LogP contribution is 2.27. The molecule has 1 aromatic heterocycles. The van der Waals surface area contributed by atoms with E-state index in [1.807, 2.05) is 13.1 Å². The molecule has 2 aliphatic carbocycles. The SMILES string of the molecule is CC(C(=O)NC1CC1)n1cc(CNCC2CC2)nn1. The number of nitrogens with one attached hydrogen (secondary N) is 2. The fraction of sp³-hybridized carbons (Fsp3) is 0.769. The van der Waals surface area contributed by atoms with Crippen LogP contribution in [0.3, 0.4) is 0 Å². The second-order valence-electron chi connectivity index (χ2n) is 5.72. The van der Waals surface area contributed by atoms with Gasteiger partial charge in [-0.1, -0.05) is 5.21 Å². The Bertz CT molecular complexity index is 450. The highest BCUT2D eigenvalue weighted by atomic mass is 16.2. The van der Waals surface area contributed by atoms with Crippen molar-refractivity contribution in [2.45, 2.75) is 51.2 Å². The van der Waals surface area contributed by atoms with E-state index in [4.69, 9.17) is 0 Å². The van der Waals surface area contributed by atoms with Crippen LogP contribution in [0.25, 0.3) is 0 Å². The van der Waals surface area contributed by atoms with Gasteiger partial charge in [0.25, 0.3) is 0 Å². The second kappa shape index (κ2) is 5.28. The predicted molar refractivity (Wildman–Crippen MR) is 70.3 cm³/mol. The van der Waals surface area contributed by atoms with Gasteiger partial charge in [0.1, 0.15) is 6.04 Å². The largest absolute Gasteiger partial charge is 0.352 e. The summed E-state index contributed by atoms with van der Waals surface area (Å²) in [5.41, 5.74) is 0.895. The Morgan fingerprint density at radius 3 is 2.95 bits per heavy atom. The van der Waals surface area contributed by atoms with Crippen LogP contribution in [-0.4, -0.2) is 33.5 Å². The number of carbonyl (C=O) groups excluding carboxylic acids is 1. The molecule has 0 aliphatic heterocycles. The first-order valence-electron chi connectivity index (χ1n) is 7.14. The molecule has 0 saturated heterocycles. The van der Waals surface area contributed by atoms with Crippen LogP contribution >= 0.6 is 0 Å². The molecule has 0 bridgehead atoms. The monoisotopic (exact) mass is 263 g/mol. The summed E-state index contributed by atoms with van der Waals surface area (Å²) in [7, 11) is 0. The standard InChI is InChI=1S/C13H21N5O/c1-9(13(19)15-11-4-5-11)18-8-12(16-17-18)7-14-6-10-2-3-10/h8-11,14H,2-7H2,1H3,(H,15,19). The van der Waals surface area contributed by atoms with Crippen molar-refractivity contribution in [3.8, 4) is 0 Å². The number of aromatic nitrogens is 3. The summed E-state index contributed by atoms with van der Waals surface area (Å²) in [6.07, 6.45) is 6.76. The van der Waals surface area contributed by atoms with Gasteiger partial charge in [0, 0.05) is 12.6 Å². The lowest BCUT2D eigenvalue weighted by Crippen LogP contribution is -2.32. The number of amides is 1. The Morgan fingerprint density at radius 1 is 1.47 bits per heavy atom. The van der Waals surface area contributed by atoms with E-state index in [9.17, 15) is 4.79 Å². The van der Waals surface area contributed by atoms with Crippen molar-refractivity contribution in [3.05, 3.63) is 11.9 Å². The lowest BCUT2D eigenvalue weighted by Gasteiger charge is -2.10. The average Bonchev–Trinajstić information content (AvgIpc) is 3.31. The van der Waals surface area contributed by atoms with E-state index in [1.54, 1.807) is 4.68 Å². The lowest BCUT2D eigenvalue weighted by atomic mass is 10.3. The number of carbonyl (C=O) groups is 1. The smallest absolute Gasteiger partial charge is 0.244 e. The molecule has 19 heavy (non-hydrogen) atoms. The molecule has 1 atom stereocenters. The summed E-state index contributed by atoms with van der Waals surface area (Å²) in [6, 6.07) is 0.100. The van der Waals surface area contributed by atoms with Crippen molar-refractivity contribution in [1.82, 2.24) is 25.6 Å². The Balaban J connectivity index is 1.48. The molecule has 1 aromatic rings. The van der Waals surface area contributed by atoms with Crippen LogP contribution in [0.1, 0.15) is 44.3 Å². The highest BCUT2D eigenvalue weighted by molar-refractivity contribution is 5.80. The molecule has 6 heteroatoms. The summed E-state index contributed by atoms with van der Waals surface area (Å²) in [5, 5.41) is 14.5. The molecule has 3 rings (SSSR count). The summed E-state index contributed by atoms with van der Waals surface area (Å²) in [5.74, 6) is 0.892. The van der Waals surface area contributed by atoms with Crippen molar-refractivity contribution >= 4 is 5.91 Å². The van der Waals surface area contributed by atoms with E-state index in [1.165, 1.54) is 12.8 Å². The normalized spacial score (nSPS) is 20.3. The quantitative estimate of drug-likeness (QED) is 0.756. The van der Waals surface area contributed by atoms with Gasteiger partial charge in [0.15, 0.2) is 0 Å². The van der Waals surface area contributed by atoms with Crippen LogP contribution in [0.2, 0.25) is 0 Å². The predicted octanol–water partition coefficient (Wildman–Crippen LogP) is 0.617. The maximum absolute atomic E-state index is 11.9. The first-order valence-corrected chi connectivity index (χ1v) is 7.14. The minimum absolute atomic E-state index is 0.0323. The molecule has 104 valence electrons. The molecule has 2 N–H and O–H groups in total. The third-order valence-electron chi connectivity index (χ3n) is 3.69. The molecule has 2 aliphatic rings. The third-order valence-corrected chi connectivity index (χ3v) is 3.69.